The summed E-state index contributed by atoms with van der Waals surface area (Å²) in [5.74, 6) is -2.05. The molecule has 170 valence electrons. The Kier molecular flexibility index (Phi) is 5.71. The zero-order valence-electron chi connectivity index (χ0n) is 17.6. The minimum Gasteiger partial charge on any atom is -0.341 e. The first-order valence-corrected chi connectivity index (χ1v) is 10.9. The summed E-state index contributed by atoms with van der Waals surface area (Å²) in [6, 6.07) is 19.2. The summed E-state index contributed by atoms with van der Waals surface area (Å²) in [5, 5.41) is 10.6. The van der Waals surface area contributed by atoms with Crippen LogP contribution in [0.25, 0.3) is 22.2 Å². The lowest BCUT2D eigenvalue weighted by atomic mass is 9.94. The number of halogens is 4. The van der Waals surface area contributed by atoms with Crippen LogP contribution in [0.5, 0.6) is 0 Å². The summed E-state index contributed by atoms with van der Waals surface area (Å²) in [6.45, 7) is 0. The lowest BCUT2D eigenvalue weighted by molar-refractivity contribution is -0.909. The van der Waals surface area contributed by atoms with Gasteiger partial charge in [0.15, 0.2) is 5.82 Å². The van der Waals surface area contributed by atoms with Crippen LogP contribution in [0, 0.1) is 17.5 Å². The Labute approximate surface area is 197 Å². The topological polar surface area (TPSA) is 52.8 Å². The van der Waals surface area contributed by atoms with Crippen molar-refractivity contribution in [3.05, 3.63) is 119 Å². The summed E-state index contributed by atoms with van der Waals surface area (Å²) in [5.41, 5.74) is 2.30. The molecule has 2 heterocycles. The normalized spacial score (nSPS) is 12.2. The Hall–Kier alpha value is -3.84. The molecule has 0 aliphatic rings. The quantitative estimate of drug-likeness (QED) is 0.179. The fourth-order valence-electron chi connectivity index (χ4n) is 4.07. The van der Waals surface area contributed by atoms with Gasteiger partial charge in [0.1, 0.15) is 23.4 Å². The molecule has 1 unspecified atom stereocenters. The molecule has 34 heavy (non-hydrogen) atoms. The Morgan fingerprint density at radius 2 is 1.76 bits per heavy atom. The molecule has 4 nitrogen and oxygen atoms in total. The number of hydrogen-bond acceptors (Lipinski definition) is 2. The molecular formula is C26H18ClF3N3O+. The molecule has 0 bridgehead atoms. The third kappa shape index (κ3) is 4.10. The van der Waals surface area contributed by atoms with Gasteiger partial charge in [-0.3, -0.25) is 5.21 Å². The Bertz CT molecular complexity index is 1500. The van der Waals surface area contributed by atoms with Crippen LogP contribution >= 0.6 is 11.6 Å². The Morgan fingerprint density at radius 3 is 2.53 bits per heavy atom. The van der Waals surface area contributed by atoms with Gasteiger partial charge in [-0.25, -0.2) is 18.2 Å². The van der Waals surface area contributed by atoms with Gasteiger partial charge in [0.2, 0.25) is 11.9 Å². The number of fused-ring (bicyclic) bond motifs is 1. The first kappa shape index (κ1) is 22.0. The highest BCUT2D eigenvalue weighted by Gasteiger charge is 2.29. The van der Waals surface area contributed by atoms with E-state index in [0.29, 0.717) is 29.0 Å². The second kappa shape index (κ2) is 8.83. The standard InChI is InChI=1S/C26H18ClF3N3O/c27-19-8-9-20(29)24(25(19)30)16-6-11-23(33(34)14-16)18(12-15-4-2-1-3-5-15)26-31-21-10-7-17(28)13-22(21)32-26/h1-11,13-14,18,34H,12H2,(H,31,32)/q+1. The second-order valence-electron chi connectivity index (χ2n) is 7.93. The van der Waals surface area contributed by atoms with Crippen LogP contribution in [-0.2, 0) is 6.42 Å². The van der Waals surface area contributed by atoms with Gasteiger partial charge in [-0.2, -0.15) is 0 Å². The predicted molar refractivity (Wildman–Crippen MR) is 122 cm³/mol. The zero-order valence-corrected chi connectivity index (χ0v) is 18.4. The molecule has 1 atom stereocenters. The number of aromatic amines is 1. The first-order valence-electron chi connectivity index (χ1n) is 10.5. The maximum absolute atomic E-state index is 14.5. The molecule has 0 spiro atoms. The van der Waals surface area contributed by atoms with Crippen molar-refractivity contribution in [2.75, 3.05) is 0 Å². The van der Waals surface area contributed by atoms with E-state index in [1.54, 1.807) is 12.1 Å². The number of nitrogens with one attached hydrogen (secondary N) is 1. The van der Waals surface area contributed by atoms with Crippen LogP contribution in [0.2, 0.25) is 5.02 Å². The van der Waals surface area contributed by atoms with Crippen molar-refractivity contribution in [2.24, 2.45) is 0 Å². The maximum atomic E-state index is 14.5. The highest BCUT2D eigenvalue weighted by atomic mass is 35.5. The fourth-order valence-corrected chi connectivity index (χ4v) is 4.23. The molecule has 0 fully saturated rings. The largest absolute Gasteiger partial charge is 0.341 e. The monoisotopic (exact) mass is 480 g/mol. The average molecular weight is 481 g/mol. The highest BCUT2D eigenvalue weighted by Crippen LogP contribution is 2.32. The molecule has 0 saturated carbocycles. The molecule has 0 aliphatic carbocycles. The van der Waals surface area contributed by atoms with Gasteiger partial charge in [0.25, 0.3) is 0 Å². The maximum Gasteiger partial charge on any atom is 0.245 e. The first-order chi connectivity index (χ1) is 16.4. The van der Waals surface area contributed by atoms with Gasteiger partial charge in [0, 0.05) is 10.8 Å². The molecule has 0 radical (unpaired) electrons. The molecular weight excluding hydrogens is 463 g/mol. The van der Waals surface area contributed by atoms with Crippen LogP contribution < -0.4 is 4.73 Å². The third-order valence-corrected chi connectivity index (χ3v) is 6.02. The number of rotatable bonds is 5. The molecule has 3 aromatic carbocycles. The minimum absolute atomic E-state index is 0.119. The van der Waals surface area contributed by atoms with Gasteiger partial charge in [-0.15, -0.1) is 0 Å². The minimum atomic E-state index is -0.908. The number of H-pyrrole nitrogens is 1. The molecule has 0 saturated heterocycles. The van der Waals surface area contributed by atoms with Crippen LogP contribution in [0.3, 0.4) is 0 Å². The van der Waals surface area contributed by atoms with Crippen molar-refractivity contribution >= 4 is 22.6 Å². The summed E-state index contributed by atoms with van der Waals surface area (Å²) in [6.07, 6.45) is 1.69. The number of imidazole rings is 1. The van der Waals surface area contributed by atoms with Crippen molar-refractivity contribution in [3.63, 3.8) is 0 Å². The van der Waals surface area contributed by atoms with Crippen molar-refractivity contribution in [3.8, 4) is 11.1 Å². The predicted octanol–water partition coefficient (Wildman–Crippen LogP) is 6.20. The molecule has 0 amide bonds. The van der Waals surface area contributed by atoms with E-state index in [2.05, 4.69) is 9.97 Å². The highest BCUT2D eigenvalue weighted by molar-refractivity contribution is 6.31. The van der Waals surface area contributed by atoms with E-state index >= 15 is 0 Å². The van der Waals surface area contributed by atoms with Gasteiger partial charge in [-0.05, 0) is 48.4 Å². The summed E-state index contributed by atoms with van der Waals surface area (Å²) >= 11 is 5.83. The molecule has 2 N–H and O–H groups in total. The lowest BCUT2D eigenvalue weighted by Crippen LogP contribution is -2.37. The molecule has 0 aliphatic heterocycles. The van der Waals surface area contributed by atoms with E-state index in [1.807, 2.05) is 30.3 Å². The second-order valence-corrected chi connectivity index (χ2v) is 8.34. The third-order valence-electron chi connectivity index (χ3n) is 5.72. The summed E-state index contributed by atoms with van der Waals surface area (Å²) < 4.78 is 43.5. The van der Waals surface area contributed by atoms with Gasteiger partial charge >= 0.3 is 0 Å². The van der Waals surface area contributed by atoms with Crippen LogP contribution in [0.15, 0.2) is 79.0 Å². The van der Waals surface area contributed by atoms with Crippen molar-refractivity contribution in [1.82, 2.24) is 9.97 Å². The van der Waals surface area contributed by atoms with Crippen molar-refractivity contribution < 1.29 is 23.1 Å². The van der Waals surface area contributed by atoms with Gasteiger partial charge in [-0.1, -0.05) is 41.9 Å². The van der Waals surface area contributed by atoms with Crippen LogP contribution in [0.1, 0.15) is 23.0 Å². The van der Waals surface area contributed by atoms with E-state index in [0.717, 1.165) is 22.4 Å². The average Bonchev–Trinajstić information content (AvgIpc) is 3.24. The molecule has 5 aromatic rings. The summed E-state index contributed by atoms with van der Waals surface area (Å²) in [7, 11) is 0. The van der Waals surface area contributed by atoms with Gasteiger partial charge in [0.05, 0.1) is 27.2 Å². The lowest BCUT2D eigenvalue weighted by Gasteiger charge is -2.12. The number of aromatic nitrogens is 3. The smallest absolute Gasteiger partial charge is 0.245 e. The van der Waals surface area contributed by atoms with E-state index in [4.69, 9.17) is 11.6 Å². The van der Waals surface area contributed by atoms with E-state index < -0.39 is 23.4 Å². The molecule has 5 rings (SSSR count). The number of nitrogens with zero attached hydrogens (tertiary/aromatic N) is 2. The number of hydrogen-bond donors (Lipinski definition) is 2. The van der Waals surface area contributed by atoms with Crippen molar-refractivity contribution in [1.29, 1.82) is 0 Å². The van der Waals surface area contributed by atoms with E-state index in [1.165, 1.54) is 24.4 Å². The summed E-state index contributed by atoms with van der Waals surface area (Å²) in [4.78, 5) is 7.75. The SMILES string of the molecule is O[n+]1cc(-c2c(F)ccc(Cl)c2F)ccc1C(Cc1ccccc1)c1nc2ccc(F)cc2[nH]1. The van der Waals surface area contributed by atoms with Crippen LogP contribution in [0.4, 0.5) is 13.2 Å². The van der Waals surface area contributed by atoms with Crippen molar-refractivity contribution in [2.45, 2.75) is 12.3 Å². The van der Waals surface area contributed by atoms with E-state index in [-0.39, 0.29) is 16.1 Å². The Balaban J connectivity index is 1.62. The Morgan fingerprint density at radius 1 is 0.971 bits per heavy atom. The van der Waals surface area contributed by atoms with E-state index in [9.17, 15) is 18.4 Å². The molecule has 8 heteroatoms. The number of pyridine rings is 1. The fraction of sp³-hybridized carbons (Fsp3) is 0.0769. The van der Waals surface area contributed by atoms with Gasteiger partial charge < -0.3 is 4.98 Å². The zero-order chi connectivity index (χ0) is 23.8. The van der Waals surface area contributed by atoms with Crippen LogP contribution in [-0.4, -0.2) is 15.2 Å². The molecule has 2 aromatic heterocycles. The number of benzene rings is 3.